The smallest absolute Gasteiger partial charge is 0.0713 e. The van der Waals surface area contributed by atoms with Crippen LogP contribution < -0.4 is 4.90 Å². The van der Waals surface area contributed by atoms with Crippen molar-refractivity contribution in [3.63, 3.8) is 0 Å². The maximum Gasteiger partial charge on any atom is 0.0713 e. The number of nitrogens with zero attached hydrogens (tertiary/aromatic N) is 1. The highest BCUT2D eigenvalue weighted by Gasteiger charge is 2.45. The van der Waals surface area contributed by atoms with Gasteiger partial charge in [-0.2, -0.15) is 0 Å². The molecule has 10 aromatic carbocycles. The molecule has 0 amide bonds. The van der Waals surface area contributed by atoms with E-state index in [2.05, 4.69) is 254 Å². The van der Waals surface area contributed by atoms with Gasteiger partial charge in [-0.3, -0.25) is 0 Å². The van der Waals surface area contributed by atoms with Crippen LogP contribution in [0.2, 0.25) is 0 Å². The summed E-state index contributed by atoms with van der Waals surface area (Å²) in [4.78, 5) is 2.38. The Bertz CT molecular complexity index is 3380. The van der Waals surface area contributed by atoms with Gasteiger partial charge in [0.15, 0.2) is 0 Å². The highest BCUT2D eigenvalue weighted by Crippen LogP contribution is 2.56. The van der Waals surface area contributed by atoms with Gasteiger partial charge in [-0.05, 0) is 127 Å². The van der Waals surface area contributed by atoms with Gasteiger partial charge in [0.05, 0.1) is 5.41 Å². The minimum Gasteiger partial charge on any atom is -0.310 e. The first-order valence-electron chi connectivity index (χ1n) is 21.7. The molecule has 11 aromatic rings. The third-order valence-corrected chi connectivity index (χ3v) is 14.1. The standard InChI is InChI=1S/C61H41NS/c1-4-15-42(16-5-1)45-17-14-22-52(39-45)62(51-35-29-44(30-36-51)47-32-38-60-56(41-47)54-24-11-13-26-59(54)63-60)50-33-27-43(28-34-50)46-31-37-58-55(40-46)53-23-10-12-25-57(53)61(58,48-18-6-2-7-19-48)49-20-8-3-9-21-49/h1-41H. The van der Waals surface area contributed by atoms with Crippen LogP contribution in [0.3, 0.4) is 0 Å². The predicted molar refractivity (Wildman–Crippen MR) is 268 cm³/mol. The Morgan fingerprint density at radius 1 is 0.286 bits per heavy atom. The largest absolute Gasteiger partial charge is 0.310 e. The summed E-state index contributed by atoms with van der Waals surface area (Å²) < 4.78 is 2.65. The molecule has 0 N–H and O–H groups in total. The Morgan fingerprint density at radius 2 is 0.778 bits per heavy atom. The van der Waals surface area contributed by atoms with Gasteiger partial charge < -0.3 is 4.90 Å². The summed E-state index contributed by atoms with van der Waals surface area (Å²) in [6.07, 6.45) is 0. The van der Waals surface area contributed by atoms with Crippen molar-refractivity contribution in [3.05, 3.63) is 271 Å². The van der Waals surface area contributed by atoms with Crippen molar-refractivity contribution in [1.82, 2.24) is 0 Å². The third-order valence-electron chi connectivity index (χ3n) is 13.0. The molecule has 1 aliphatic carbocycles. The Balaban J connectivity index is 0.941. The normalized spacial score (nSPS) is 12.6. The topological polar surface area (TPSA) is 3.24 Å². The van der Waals surface area contributed by atoms with Crippen LogP contribution in [-0.4, -0.2) is 0 Å². The lowest BCUT2D eigenvalue weighted by Crippen LogP contribution is -2.28. The third kappa shape index (κ3) is 6.22. The van der Waals surface area contributed by atoms with E-state index in [1.807, 2.05) is 11.3 Å². The molecule has 1 aromatic heterocycles. The molecular formula is C61H41NS. The number of rotatable bonds is 8. The Morgan fingerprint density at radius 3 is 1.48 bits per heavy atom. The fraction of sp³-hybridized carbons (Fsp3) is 0.0164. The Hall–Kier alpha value is -7.78. The Labute approximate surface area is 372 Å². The average molecular weight is 820 g/mol. The molecule has 1 aliphatic rings. The van der Waals surface area contributed by atoms with Crippen LogP contribution in [0.25, 0.3) is 64.7 Å². The molecular weight excluding hydrogens is 779 g/mol. The number of benzene rings is 10. The van der Waals surface area contributed by atoms with Crippen LogP contribution in [0.5, 0.6) is 0 Å². The van der Waals surface area contributed by atoms with Crippen LogP contribution in [-0.2, 0) is 5.41 Å². The molecule has 0 saturated carbocycles. The number of hydrogen-bond acceptors (Lipinski definition) is 2. The van der Waals surface area contributed by atoms with E-state index in [9.17, 15) is 0 Å². The van der Waals surface area contributed by atoms with Gasteiger partial charge in [-0.1, -0.05) is 188 Å². The molecule has 2 heteroatoms. The first kappa shape index (κ1) is 37.0. The summed E-state index contributed by atoms with van der Waals surface area (Å²) in [6, 6.07) is 91.4. The number of fused-ring (bicyclic) bond motifs is 6. The van der Waals surface area contributed by atoms with E-state index in [-0.39, 0.29) is 0 Å². The molecule has 0 atom stereocenters. The summed E-state index contributed by atoms with van der Waals surface area (Å²) in [5, 5.41) is 2.64. The van der Waals surface area contributed by atoms with E-state index in [1.165, 1.54) is 86.9 Å². The molecule has 12 rings (SSSR count). The second-order valence-corrected chi connectivity index (χ2v) is 17.5. The zero-order valence-electron chi connectivity index (χ0n) is 34.5. The van der Waals surface area contributed by atoms with Crippen LogP contribution in [0.15, 0.2) is 249 Å². The summed E-state index contributed by atoms with van der Waals surface area (Å²) in [5.41, 5.74) is 17.9. The van der Waals surface area contributed by atoms with Gasteiger partial charge in [0.25, 0.3) is 0 Å². The molecule has 0 bridgehead atoms. The zero-order valence-corrected chi connectivity index (χ0v) is 35.3. The van der Waals surface area contributed by atoms with Gasteiger partial charge in [0.1, 0.15) is 0 Å². The van der Waals surface area contributed by atoms with Crippen LogP contribution >= 0.6 is 11.3 Å². The summed E-state index contributed by atoms with van der Waals surface area (Å²) >= 11 is 1.86. The lowest BCUT2D eigenvalue weighted by atomic mass is 9.67. The average Bonchev–Trinajstić information content (AvgIpc) is 3.89. The molecule has 63 heavy (non-hydrogen) atoms. The summed E-state index contributed by atoms with van der Waals surface area (Å²) in [7, 11) is 0. The molecule has 1 nitrogen and oxygen atoms in total. The predicted octanol–water partition coefficient (Wildman–Crippen LogP) is 16.9. The van der Waals surface area contributed by atoms with Crippen molar-refractivity contribution < 1.29 is 0 Å². The van der Waals surface area contributed by atoms with Crippen molar-refractivity contribution >= 4 is 48.6 Å². The quantitative estimate of drug-likeness (QED) is 0.148. The molecule has 0 saturated heterocycles. The van der Waals surface area contributed by atoms with E-state index in [1.54, 1.807) is 0 Å². The van der Waals surface area contributed by atoms with Crippen LogP contribution in [0, 0.1) is 0 Å². The van der Waals surface area contributed by atoms with Crippen molar-refractivity contribution in [2.75, 3.05) is 4.90 Å². The van der Waals surface area contributed by atoms with Crippen molar-refractivity contribution in [2.45, 2.75) is 5.41 Å². The molecule has 0 unspecified atom stereocenters. The highest BCUT2D eigenvalue weighted by atomic mass is 32.1. The van der Waals surface area contributed by atoms with Gasteiger partial charge >= 0.3 is 0 Å². The van der Waals surface area contributed by atoms with Crippen LogP contribution in [0.1, 0.15) is 22.3 Å². The Kier molecular flexibility index (Phi) is 8.98. The van der Waals surface area contributed by atoms with E-state index in [0.717, 1.165) is 17.1 Å². The van der Waals surface area contributed by atoms with Crippen LogP contribution in [0.4, 0.5) is 17.1 Å². The SMILES string of the molecule is c1ccc(-c2cccc(N(c3ccc(-c4ccc5c(c4)-c4ccccc4C5(c4ccccc4)c4ccccc4)cc3)c3ccc(-c4ccc5sc6ccccc6c5c4)cc3)c2)cc1. The van der Waals surface area contributed by atoms with Gasteiger partial charge in [0.2, 0.25) is 0 Å². The minimum absolute atomic E-state index is 0.411. The molecule has 0 aliphatic heterocycles. The molecule has 1 heterocycles. The first-order chi connectivity index (χ1) is 31.2. The summed E-state index contributed by atoms with van der Waals surface area (Å²) in [6.45, 7) is 0. The van der Waals surface area contributed by atoms with Gasteiger partial charge in [-0.25, -0.2) is 0 Å². The van der Waals surface area contributed by atoms with E-state index in [0.29, 0.717) is 0 Å². The fourth-order valence-corrected chi connectivity index (χ4v) is 11.1. The van der Waals surface area contributed by atoms with E-state index < -0.39 is 5.41 Å². The lowest BCUT2D eigenvalue weighted by Gasteiger charge is -2.33. The maximum absolute atomic E-state index is 2.41. The molecule has 0 fully saturated rings. The maximum atomic E-state index is 2.41. The fourth-order valence-electron chi connectivity index (χ4n) is 10.0. The monoisotopic (exact) mass is 819 g/mol. The first-order valence-corrected chi connectivity index (χ1v) is 22.5. The highest BCUT2D eigenvalue weighted by molar-refractivity contribution is 7.25. The molecule has 0 radical (unpaired) electrons. The second-order valence-electron chi connectivity index (χ2n) is 16.4. The zero-order chi connectivity index (χ0) is 41.7. The van der Waals surface area contributed by atoms with E-state index in [4.69, 9.17) is 0 Å². The second kappa shape index (κ2) is 15.3. The van der Waals surface area contributed by atoms with Crippen molar-refractivity contribution in [3.8, 4) is 44.5 Å². The number of anilines is 3. The summed E-state index contributed by atoms with van der Waals surface area (Å²) in [5.74, 6) is 0. The molecule has 296 valence electrons. The molecule has 0 spiro atoms. The van der Waals surface area contributed by atoms with E-state index >= 15 is 0 Å². The van der Waals surface area contributed by atoms with Crippen molar-refractivity contribution in [1.29, 1.82) is 0 Å². The lowest BCUT2D eigenvalue weighted by molar-refractivity contribution is 0.768. The minimum atomic E-state index is -0.411. The van der Waals surface area contributed by atoms with Gasteiger partial charge in [0, 0.05) is 37.2 Å². The number of thiophene rings is 1. The van der Waals surface area contributed by atoms with Crippen molar-refractivity contribution in [2.24, 2.45) is 0 Å². The van der Waals surface area contributed by atoms with Gasteiger partial charge in [-0.15, -0.1) is 11.3 Å². The number of hydrogen-bond donors (Lipinski definition) is 0.